The maximum Gasteiger partial charge on any atom is 0.181 e. The normalized spacial score (nSPS) is 25.7. The predicted molar refractivity (Wildman–Crippen MR) is 69.9 cm³/mol. The van der Waals surface area contributed by atoms with Crippen LogP contribution < -0.4 is 4.90 Å². The number of carbonyl (C=O) groups is 1. The molecule has 3 heterocycles. The zero-order valence-corrected chi connectivity index (χ0v) is 11.0. The Kier molecular flexibility index (Phi) is 3.24. The Labute approximate surface area is 112 Å². The van der Waals surface area contributed by atoms with Crippen molar-refractivity contribution in [3.63, 3.8) is 0 Å². The zero-order valence-electron chi connectivity index (χ0n) is 11.0. The van der Waals surface area contributed by atoms with Crippen molar-refractivity contribution in [2.75, 3.05) is 31.2 Å². The van der Waals surface area contributed by atoms with E-state index in [0.717, 1.165) is 12.4 Å². The highest BCUT2D eigenvalue weighted by Crippen LogP contribution is 2.37. The number of piperidine rings is 1. The summed E-state index contributed by atoms with van der Waals surface area (Å²) in [6, 6.07) is 5.81. The lowest BCUT2D eigenvalue weighted by Gasteiger charge is -2.43. The van der Waals surface area contributed by atoms with Crippen molar-refractivity contribution < 1.29 is 14.3 Å². The van der Waals surface area contributed by atoms with Crippen molar-refractivity contribution in [2.45, 2.75) is 19.1 Å². The third kappa shape index (κ3) is 2.24. The Morgan fingerprint density at radius 1 is 1.42 bits per heavy atom. The molecule has 2 saturated heterocycles. The van der Waals surface area contributed by atoms with Gasteiger partial charge in [0.15, 0.2) is 5.79 Å². The van der Waals surface area contributed by atoms with E-state index in [2.05, 4.69) is 9.88 Å². The largest absolute Gasteiger partial charge is 0.355 e. The van der Waals surface area contributed by atoms with Gasteiger partial charge in [-0.15, -0.1) is 0 Å². The molecule has 2 aliphatic rings. The molecule has 0 aromatic carbocycles. The van der Waals surface area contributed by atoms with Crippen molar-refractivity contribution in [1.82, 2.24) is 4.98 Å². The average Bonchev–Trinajstić information content (AvgIpc) is 2.89. The first-order chi connectivity index (χ1) is 9.21. The molecule has 5 heteroatoms. The molecule has 0 bridgehead atoms. The summed E-state index contributed by atoms with van der Waals surface area (Å²) in [7, 11) is 0. The first-order valence-corrected chi connectivity index (χ1v) is 6.66. The van der Waals surface area contributed by atoms with Crippen LogP contribution in [0.25, 0.3) is 0 Å². The summed E-state index contributed by atoms with van der Waals surface area (Å²) < 4.78 is 11.5. The van der Waals surface area contributed by atoms with E-state index in [-0.39, 0.29) is 11.7 Å². The standard InChI is InChI=1S/C14H18N2O3/c1-11(17)12-10-16(13-4-2-3-6-15-13)7-5-14(12)18-8-9-19-14/h2-4,6,12H,5,7-10H2,1H3. The molecule has 0 radical (unpaired) electrons. The second-order valence-corrected chi connectivity index (χ2v) is 5.06. The summed E-state index contributed by atoms with van der Waals surface area (Å²) in [6.07, 6.45) is 2.47. The third-order valence-corrected chi connectivity index (χ3v) is 3.90. The fourth-order valence-electron chi connectivity index (χ4n) is 2.92. The van der Waals surface area contributed by atoms with Crippen molar-refractivity contribution in [3.8, 4) is 0 Å². The molecule has 0 aliphatic carbocycles. The zero-order chi connectivity index (χ0) is 13.3. The van der Waals surface area contributed by atoms with Crippen LogP contribution in [-0.4, -0.2) is 42.9 Å². The maximum atomic E-state index is 11.9. The van der Waals surface area contributed by atoms with Crippen LogP contribution in [0.1, 0.15) is 13.3 Å². The van der Waals surface area contributed by atoms with Gasteiger partial charge in [0.2, 0.25) is 0 Å². The molecule has 2 aliphatic heterocycles. The Balaban J connectivity index is 1.82. The lowest BCUT2D eigenvalue weighted by Crippen LogP contribution is -2.55. The molecular formula is C14H18N2O3. The van der Waals surface area contributed by atoms with Crippen LogP contribution >= 0.6 is 0 Å². The molecule has 2 fully saturated rings. The molecule has 1 aromatic heterocycles. The lowest BCUT2D eigenvalue weighted by molar-refractivity contribution is -0.203. The van der Waals surface area contributed by atoms with Crippen LogP contribution in [-0.2, 0) is 14.3 Å². The van der Waals surface area contributed by atoms with E-state index in [1.165, 1.54) is 0 Å². The second kappa shape index (κ2) is 4.90. The molecule has 19 heavy (non-hydrogen) atoms. The second-order valence-electron chi connectivity index (χ2n) is 5.06. The SMILES string of the molecule is CC(=O)C1CN(c2ccccn2)CCC12OCCO2. The number of carbonyl (C=O) groups excluding carboxylic acids is 1. The molecule has 1 spiro atoms. The number of nitrogens with zero attached hydrogens (tertiary/aromatic N) is 2. The topological polar surface area (TPSA) is 51.7 Å². The van der Waals surface area contributed by atoms with Crippen LogP contribution in [0.3, 0.4) is 0 Å². The fraction of sp³-hybridized carbons (Fsp3) is 0.571. The van der Waals surface area contributed by atoms with Gasteiger partial charge in [0, 0.05) is 25.7 Å². The van der Waals surface area contributed by atoms with Gasteiger partial charge in [0.25, 0.3) is 0 Å². The molecule has 5 nitrogen and oxygen atoms in total. The molecular weight excluding hydrogens is 244 g/mol. The Morgan fingerprint density at radius 3 is 2.84 bits per heavy atom. The van der Waals surface area contributed by atoms with Gasteiger partial charge in [-0.1, -0.05) is 6.07 Å². The number of Topliss-reactive ketones (excluding diaryl/α,β-unsaturated/α-hetero) is 1. The van der Waals surface area contributed by atoms with Gasteiger partial charge in [-0.2, -0.15) is 0 Å². The van der Waals surface area contributed by atoms with Crippen LogP contribution in [0.2, 0.25) is 0 Å². The number of hydrogen-bond acceptors (Lipinski definition) is 5. The van der Waals surface area contributed by atoms with Crippen molar-refractivity contribution in [1.29, 1.82) is 0 Å². The van der Waals surface area contributed by atoms with Crippen LogP contribution in [0, 0.1) is 5.92 Å². The van der Waals surface area contributed by atoms with Gasteiger partial charge >= 0.3 is 0 Å². The molecule has 0 N–H and O–H groups in total. The van der Waals surface area contributed by atoms with Gasteiger partial charge < -0.3 is 14.4 Å². The number of hydrogen-bond donors (Lipinski definition) is 0. The summed E-state index contributed by atoms with van der Waals surface area (Å²) in [5.74, 6) is 0.0757. The maximum absolute atomic E-state index is 11.9. The first kappa shape index (κ1) is 12.6. The fourth-order valence-corrected chi connectivity index (χ4v) is 2.92. The van der Waals surface area contributed by atoms with Crippen LogP contribution in [0.4, 0.5) is 5.82 Å². The summed E-state index contributed by atoms with van der Waals surface area (Å²) in [5, 5.41) is 0. The summed E-state index contributed by atoms with van der Waals surface area (Å²) >= 11 is 0. The van der Waals surface area contributed by atoms with Crippen LogP contribution in [0.5, 0.6) is 0 Å². The molecule has 1 atom stereocenters. The van der Waals surface area contributed by atoms with E-state index < -0.39 is 5.79 Å². The molecule has 0 saturated carbocycles. The minimum Gasteiger partial charge on any atom is -0.355 e. The summed E-state index contributed by atoms with van der Waals surface area (Å²) in [4.78, 5) is 18.4. The summed E-state index contributed by atoms with van der Waals surface area (Å²) in [6.45, 7) is 4.16. The van der Waals surface area contributed by atoms with E-state index in [9.17, 15) is 4.79 Å². The Morgan fingerprint density at radius 2 is 2.21 bits per heavy atom. The van der Waals surface area contributed by atoms with Crippen molar-refractivity contribution >= 4 is 11.6 Å². The van der Waals surface area contributed by atoms with E-state index in [4.69, 9.17) is 9.47 Å². The number of ketones is 1. The molecule has 0 amide bonds. The smallest absolute Gasteiger partial charge is 0.181 e. The van der Waals surface area contributed by atoms with Crippen molar-refractivity contribution in [2.24, 2.45) is 5.92 Å². The highest BCUT2D eigenvalue weighted by molar-refractivity contribution is 5.80. The number of pyridine rings is 1. The third-order valence-electron chi connectivity index (χ3n) is 3.90. The minimum atomic E-state index is -0.697. The Bertz CT molecular complexity index is 457. The van der Waals surface area contributed by atoms with E-state index in [1.54, 1.807) is 13.1 Å². The minimum absolute atomic E-state index is 0.113. The van der Waals surface area contributed by atoms with E-state index in [0.29, 0.717) is 26.2 Å². The van der Waals surface area contributed by atoms with Gasteiger partial charge in [-0.05, 0) is 19.1 Å². The van der Waals surface area contributed by atoms with Crippen molar-refractivity contribution in [3.05, 3.63) is 24.4 Å². The number of ether oxygens (including phenoxy) is 2. The monoisotopic (exact) mass is 262 g/mol. The Hall–Kier alpha value is -1.46. The van der Waals surface area contributed by atoms with Gasteiger partial charge in [-0.25, -0.2) is 4.98 Å². The molecule has 1 aromatic rings. The lowest BCUT2D eigenvalue weighted by atomic mass is 9.87. The van der Waals surface area contributed by atoms with E-state index in [1.807, 2.05) is 18.2 Å². The predicted octanol–water partition coefficient (Wildman–Crippen LogP) is 1.24. The van der Waals surface area contributed by atoms with Crippen LogP contribution in [0.15, 0.2) is 24.4 Å². The highest BCUT2D eigenvalue weighted by Gasteiger charge is 2.50. The molecule has 1 unspecified atom stereocenters. The average molecular weight is 262 g/mol. The van der Waals surface area contributed by atoms with Gasteiger partial charge in [-0.3, -0.25) is 4.79 Å². The molecule has 3 rings (SSSR count). The van der Waals surface area contributed by atoms with Gasteiger partial charge in [0.1, 0.15) is 11.6 Å². The highest BCUT2D eigenvalue weighted by atomic mass is 16.7. The van der Waals surface area contributed by atoms with Gasteiger partial charge in [0.05, 0.1) is 19.1 Å². The number of anilines is 1. The first-order valence-electron chi connectivity index (χ1n) is 6.66. The number of rotatable bonds is 2. The molecule has 102 valence electrons. The number of aromatic nitrogens is 1. The summed E-state index contributed by atoms with van der Waals surface area (Å²) in [5.41, 5.74) is 0. The quantitative estimate of drug-likeness (QED) is 0.802. The van der Waals surface area contributed by atoms with E-state index >= 15 is 0 Å².